The lowest BCUT2D eigenvalue weighted by Crippen LogP contribution is -2.42. The number of rotatable bonds is 4. The van der Waals surface area contributed by atoms with Crippen molar-refractivity contribution < 1.29 is 4.79 Å². The van der Waals surface area contributed by atoms with Crippen molar-refractivity contribution in [3.63, 3.8) is 0 Å². The summed E-state index contributed by atoms with van der Waals surface area (Å²) < 4.78 is 0. The van der Waals surface area contributed by atoms with Gasteiger partial charge < -0.3 is 10.6 Å². The molecule has 0 saturated carbocycles. The average Bonchev–Trinajstić information content (AvgIpc) is 2.48. The van der Waals surface area contributed by atoms with E-state index in [1.165, 1.54) is 6.42 Å². The van der Waals surface area contributed by atoms with E-state index in [4.69, 9.17) is 5.73 Å². The molecule has 0 aromatic heterocycles. The fourth-order valence-electron chi connectivity index (χ4n) is 2.88. The molecule has 2 rings (SSSR count). The van der Waals surface area contributed by atoms with Crippen LogP contribution in [-0.4, -0.2) is 30.4 Å². The molecule has 1 heterocycles. The van der Waals surface area contributed by atoms with E-state index in [2.05, 4.69) is 13.8 Å². The number of hydrogen-bond donors (Lipinski definition) is 1. The van der Waals surface area contributed by atoms with Crippen molar-refractivity contribution in [1.29, 1.82) is 0 Å². The van der Waals surface area contributed by atoms with Gasteiger partial charge in [0.2, 0.25) is 0 Å². The minimum atomic E-state index is 0.173. The normalized spacial score (nSPS) is 18.1. The highest BCUT2D eigenvalue weighted by atomic mass is 16.2. The van der Waals surface area contributed by atoms with Crippen molar-refractivity contribution in [2.45, 2.75) is 39.5 Å². The fraction of sp³-hybridized carbons (Fsp3) is 0.588. The summed E-state index contributed by atoms with van der Waals surface area (Å²) in [7, 11) is 0. The van der Waals surface area contributed by atoms with Crippen molar-refractivity contribution in [1.82, 2.24) is 4.90 Å². The van der Waals surface area contributed by atoms with E-state index in [9.17, 15) is 4.79 Å². The zero-order valence-electron chi connectivity index (χ0n) is 12.7. The van der Waals surface area contributed by atoms with Gasteiger partial charge in [0.05, 0.1) is 0 Å². The maximum absolute atomic E-state index is 12.7. The summed E-state index contributed by atoms with van der Waals surface area (Å²) in [4.78, 5) is 14.7. The maximum atomic E-state index is 12.7. The van der Waals surface area contributed by atoms with Gasteiger partial charge in [-0.3, -0.25) is 4.79 Å². The first-order valence-electron chi connectivity index (χ1n) is 7.67. The smallest absolute Gasteiger partial charge is 0.254 e. The van der Waals surface area contributed by atoms with Gasteiger partial charge in [0.1, 0.15) is 0 Å². The minimum Gasteiger partial charge on any atom is -0.339 e. The van der Waals surface area contributed by atoms with Crippen LogP contribution in [0.2, 0.25) is 0 Å². The lowest BCUT2D eigenvalue weighted by atomic mass is 9.78. The molecule has 1 aliphatic rings. The van der Waals surface area contributed by atoms with Gasteiger partial charge in [0.25, 0.3) is 5.91 Å². The maximum Gasteiger partial charge on any atom is 0.254 e. The van der Waals surface area contributed by atoms with Gasteiger partial charge in [-0.1, -0.05) is 38.5 Å². The Morgan fingerprint density at radius 3 is 2.55 bits per heavy atom. The van der Waals surface area contributed by atoms with Crippen LogP contribution in [0.3, 0.4) is 0 Å². The van der Waals surface area contributed by atoms with E-state index in [1.807, 2.05) is 29.2 Å². The van der Waals surface area contributed by atoms with E-state index in [0.29, 0.717) is 12.0 Å². The SMILES string of the molecule is CCC1(C)CCN(C(=O)c2ccccc2CCN)CC1. The molecule has 1 aromatic rings. The van der Waals surface area contributed by atoms with Crippen LogP contribution in [-0.2, 0) is 6.42 Å². The number of nitrogens with zero attached hydrogens (tertiary/aromatic N) is 1. The lowest BCUT2D eigenvalue weighted by molar-refractivity contribution is 0.0599. The predicted molar refractivity (Wildman–Crippen MR) is 82.7 cm³/mol. The highest BCUT2D eigenvalue weighted by Gasteiger charge is 2.31. The summed E-state index contributed by atoms with van der Waals surface area (Å²) in [5.74, 6) is 0.173. The topological polar surface area (TPSA) is 46.3 Å². The number of nitrogens with two attached hydrogens (primary N) is 1. The second-order valence-electron chi connectivity index (χ2n) is 6.15. The Balaban J connectivity index is 2.09. The first-order valence-corrected chi connectivity index (χ1v) is 7.67. The van der Waals surface area contributed by atoms with Crippen LogP contribution in [0.15, 0.2) is 24.3 Å². The predicted octanol–water partition coefficient (Wildman–Crippen LogP) is 2.84. The number of likely N-dealkylation sites (tertiary alicyclic amines) is 1. The number of carbonyl (C=O) groups is 1. The largest absolute Gasteiger partial charge is 0.339 e. The van der Waals surface area contributed by atoms with Crippen LogP contribution >= 0.6 is 0 Å². The van der Waals surface area contributed by atoms with Crippen LogP contribution < -0.4 is 5.73 Å². The Hall–Kier alpha value is -1.35. The molecule has 3 nitrogen and oxygen atoms in total. The Labute approximate surface area is 122 Å². The molecule has 1 aromatic carbocycles. The lowest BCUT2D eigenvalue weighted by Gasteiger charge is -2.39. The fourth-order valence-corrected chi connectivity index (χ4v) is 2.88. The highest BCUT2D eigenvalue weighted by molar-refractivity contribution is 5.95. The van der Waals surface area contributed by atoms with Gasteiger partial charge in [-0.2, -0.15) is 0 Å². The van der Waals surface area contributed by atoms with Gasteiger partial charge in [0, 0.05) is 18.7 Å². The minimum absolute atomic E-state index is 0.173. The van der Waals surface area contributed by atoms with Gasteiger partial charge in [-0.05, 0) is 42.9 Å². The van der Waals surface area contributed by atoms with Crippen LogP contribution in [0.25, 0.3) is 0 Å². The van der Waals surface area contributed by atoms with Crippen LogP contribution in [0.5, 0.6) is 0 Å². The third-order valence-electron chi connectivity index (χ3n) is 4.77. The Bertz CT molecular complexity index is 462. The number of carbonyl (C=O) groups excluding carboxylic acids is 1. The Morgan fingerprint density at radius 2 is 1.95 bits per heavy atom. The molecule has 1 saturated heterocycles. The third-order valence-corrected chi connectivity index (χ3v) is 4.77. The van der Waals surface area contributed by atoms with Crippen molar-refractivity contribution in [3.8, 4) is 0 Å². The third kappa shape index (κ3) is 3.21. The molecule has 2 N–H and O–H groups in total. The van der Waals surface area contributed by atoms with Crippen LogP contribution in [0.1, 0.15) is 49.0 Å². The van der Waals surface area contributed by atoms with E-state index >= 15 is 0 Å². The Kier molecular flexibility index (Phi) is 4.81. The molecule has 0 unspecified atom stereocenters. The quantitative estimate of drug-likeness (QED) is 0.917. The molecule has 0 spiro atoms. The van der Waals surface area contributed by atoms with Crippen molar-refractivity contribution in [2.24, 2.45) is 11.1 Å². The van der Waals surface area contributed by atoms with E-state index in [0.717, 1.165) is 43.5 Å². The summed E-state index contributed by atoms with van der Waals surface area (Å²) in [6.45, 7) is 6.91. The summed E-state index contributed by atoms with van der Waals surface area (Å²) in [5, 5.41) is 0. The number of piperidine rings is 1. The molecule has 1 fully saturated rings. The molecule has 3 heteroatoms. The second-order valence-corrected chi connectivity index (χ2v) is 6.15. The van der Waals surface area contributed by atoms with Gasteiger partial charge >= 0.3 is 0 Å². The van der Waals surface area contributed by atoms with Crippen LogP contribution in [0, 0.1) is 5.41 Å². The molecule has 110 valence electrons. The molecular weight excluding hydrogens is 248 g/mol. The number of amides is 1. The summed E-state index contributed by atoms with van der Waals surface area (Å²) in [6, 6.07) is 7.86. The van der Waals surface area contributed by atoms with Crippen molar-refractivity contribution in [2.75, 3.05) is 19.6 Å². The molecule has 0 bridgehead atoms. The van der Waals surface area contributed by atoms with E-state index < -0.39 is 0 Å². The standard InChI is InChI=1S/C17H26N2O/c1-3-17(2)9-12-19(13-10-17)16(20)15-7-5-4-6-14(15)8-11-18/h4-7H,3,8-13,18H2,1-2H3. The summed E-state index contributed by atoms with van der Waals surface area (Å²) in [5.41, 5.74) is 7.95. The first kappa shape index (κ1) is 15.0. The molecular formula is C17H26N2O. The average molecular weight is 274 g/mol. The number of hydrogen-bond acceptors (Lipinski definition) is 2. The molecule has 0 aliphatic carbocycles. The highest BCUT2D eigenvalue weighted by Crippen LogP contribution is 2.34. The summed E-state index contributed by atoms with van der Waals surface area (Å²) in [6.07, 6.45) is 4.17. The van der Waals surface area contributed by atoms with Crippen LogP contribution in [0.4, 0.5) is 0 Å². The van der Waals surface area contributed by atoms with Gasteiger partial charge in [-0.25, -0.2) is 0 Å². The Morgan fingerprint density at radius 1 is 1.30 bits per heavy atom. The van der Waals surface area contributed by atoms with E-state index in [-0.39, 0.29) is 5.91 Å². The van der Waals surface area contributed by atoms with Gasteiger partial charge in [0.15, 0.2) is 0 Å². The molecule has 0 radical (unpaired) electrons. The molecule has 0 atom stereocenters. The number of benzene rings is 1. The molecule has 1 aliphatic heterocycles. The first-order chi connectivity index (χ1) is 9.59. The second kappa shape index (κ2) is 6.40. The zero-order valence-corrected chi connectivity index (χ0v) is 12.7. The molecule has 1 amide bonds. The summed E-state index contributed by atoms with van der Waals surface area (Å²) >= 11 is 0. The molecule has 20 heavy (non-hydrogen) atoms. The van der Waals surface area contributed by atoms with Crippen molar-refractivity contribution in [3.05, 3.63) is 35.4 Å². The van der Waals surface area contributed by atoms with Crippen molar-refractivity contribution >= 4 is 5.91 Å². The monoisotopic (exact) mass is 274 g/mol. The zero-order chi connectivity index (χ0) is 14.6. The van der Waals surface area contributed by atoms with E-state index in [1.54, 1.807) is 0 Å². The van der Waals surface area contributed by atoms with Gasteiger partial charge in [-0.15, -0.1) is 0 Å².